The normalized spacial score (nSPS) is 14.7. The lowest BCUT2D eigenvalue weighted by Crippen LogP contribution is -2.11. The monoisotopic (exact) mass is 262 g/mol. The number of aromatic nitrogens is 2. The van der Waals surface area contributed by atoms with Crippen LogP contribution in [-0.4, -0.2) is 9.97 Å². The number of rotatable bonds is 2. The van der Waals surface area contributed by atoms with Crippen molar-refractivity contribution in [1.82, 2.24) is 9.97 Å². The first-order chi connectivity index (χ1) is 9.06. The Balaban J connectivity index is 2.22. The minimum Gasteiger partial charge on any atom is -0.310 e. The smallest absolute Gasteiger partial charge is 0.251 e. The van der Waals surface area contributed by atoms with E-state index in [4.69, 9.17) is 0 Å². The number of hydrogen-bond acceptors (Lipinski definition) is 2. The number of H-pyrrole nitrogens is 1. The average Bonchev–Trinajstić information content (AvgIpc) is 3.18. The third-order valence-corrected chi connectivity index (χ3v) is 3.26. The van der Waals surface area contributed by atoms with Crippen LogP contribution >= 0.6 is 0 Å². The summed E-state index contributed by atoms with van der Waals surface area (Å²) >= 11 is 0. The fourth-order valence-electron chi connectivity index (χ4n) is 2.05. The Bertz CT molecular complexity index is 705. The average molecular weight is 262 g/mol. The zero-order valence-corrected chi connectivity index (χ0v) is 10.3. The van der Waals surface area contributed by atoms with E-state index in [0.717, 1.165) is 18.9 Å². The lowest BCUT2D eigenvalue weighted by Gasteiger charge is -2.08. The first-order valence-corrected chi connectivity index (χ1v) is 6.12. The van der Waals surface area contributed by atoms with Gasteiger partial charge in [0.2, 0.25) is 0 Å². The van der Waals surface area contributed by atoms with Gasteiger partial charge >= 0.3 is 0 Å². The Morgan fingerprint density at radius 3 is 2.74 bits per heavy atom. The molecule has 1 saturated carbocycles. The van der Waals surface area contributed by atoms with Gasteiger partial charge in [0.15, 0.2) is 0 Å². The van der Waals surface area contributed by atoms with Gasteiger partial charge in [0.05, 0.1) is 11.3 Å². The van der Waals surface area contributed by atoms with Gasteiger partial charge in [-0.2, -0.15) is 0 Å². The van der Waals surface area contributed by atoms with E-state index in [9.17, 15) is 13.6 Å². The summed E-state index contributed by atoms with van der Waals surface area (Å²) in [7, 11) is 0. The second kappa shape index (κ2) is 4.26. The van der Waals surface area contributed by atoms with E-state index in [2.05, 4.69) is 9.97 Å². The van der Waals surface area contributed by atoms with Gasteiger partial charge < -0.3 is 4.98 Å². The predicted octanol–water partition coefficient (Wildman–Crippen LogP) is 2.90. The molecule has 5 heteroatoms. The van der Waals surface area contributed by atoms with Gasteiger partial charge in [0.25, 0.3) is 5.56 Å². The molecule has 0 aliphatic heterocycles. The fraction of sp³-hybridized carbons (Fsp3) is 0.286. The molecule has 0 radical (unpaired) electrons. The van der Waals surface area contributed by atoms with E-state index in [-0.39, 0.29) is 22.7 Å². The summed E-state index contributed by atoms with van der Waals surface area (Å²) in [5.41, 5.74) is -0.226. The molecule has 1 fully saturated rings. The highest BCUT2D eigenvalue weighted by Gasteiger charge is 2.27. The van der Waals surface area contributed by atoms with Gasteiger partial charge in [-0.05, 0) is 31.4 Å². The van der Waals surface area contributed by atoms with Crippen molar-refractivity contribution in [1.29, 1.82) is 0 Å². The maximum atomic E-state index is 14.0. The molecule has 1 aliphatic carbocycles. The fourth-order valence-corrected chi connectivity index (χ4v) is 2.05. The van der Waals surface area contributed by atoms with Crippen LogP contribution in [-0.2, 0) is 0 Å². The zero-order chi connectivity index (χ0) is 13.6. The van der Waals surface area contributed by atoms with Gasteiger partial charge in [0.1, 0.15) is 17.5 Å². The Hall–Kier alpha value is -2.04. The van der Waals surface area contributed by atoms with Crippen LogP contribution in [0.1, 0.15) is 30.1 Å². The molecule has 0 amide bonds. The Kier molecular flexibility index (Phi) is 2.69. The molecule has 1 aromatic carbocycles. The summed E-state index contributed by atoms with van der Waals surface area (Å²) in [6, 6.07) is 3.68. The number of nitrogens with zero attached hydrogens (tertiary/aromatic N) is 1. The highest BCUT2D eigenvalue weighted by atomic mass is 19.1. The first kappa shape index (κ1) is 12.0. The van der Waals surface area contributed by atoms with Gasteiger partial charge in [0, 0.05) is 12.0 Å². The number of nitrogens with one attached hydrogen (secondary N) is 1. The van der Waals surface area contributed by atoms with Crippen molar-refractivity contribution in [2.45, 2.75) is 25.7 Å². The largest absolute Gasteiger partial charge is 0.310 e. The molecule has 0 atom stereocenters. The van der Waals surface area contributed by atoms with Crippen LogP contribution < -0.4 is 5.56 Å². The van der Waals surface area contributed by atoms with E-state index >= 15 is 0 Å². The van der Waals surface area contributed by atoms with Crippen molar-refractivity contribution >= 4 is 0 Å². The highest BCUT2D eigenvalue weighted by molar-refractivity contribution is 5.61. The van der Waals surface area contributed by atoms with Gasteiger partial charge in [-0.25, -0.2) is 13.8 Å². The van der Waals surface area contributed by atoms with E-state index < -0.39 is 11.6 Å². The molecule has 1 N–H and O–H groups in total. The minimum absolute atomic E-state index is 0.0596. The third kappa shape index (κ3) is 2.16. The van der Waals surface area contributed by atoms with Crippen molar-refractivity contribution in [2.24, 2.45) is 0 Å². The number of aromatic amines is 1. The first-order valence-electron chi connectivity index (χ1n) is 6.12. The Labute approximate surface area is 108 Å². The van der Waals surface area contributed by atoms with Crippen molar-refractivity contribution in [3.05, 3.63) is 51.6 Å². The van der Waals surface area contributed by atoms with E-state index in [1.54, 1.807) is 6.92 Å². The van der Waals surface area contributed by atoms with Crippen molar-refractivity contribution < 1.29 is 8.78 Å². The van der Waals surface area contributed by atoms with E-state index in [0.29, 0.717) is 11.4 Å². The molecule has 2 aromatic rings. The molecule has 3 nitrogen and oxygen atoms in total. The van der Waals surface area contributed by atoms with Gasteiger partial charge in [-0.1, -0.05) is 6.07 Å². The lowest BCUT2D eigenvalue weighted by molar-refractivity contribution is 0.582. The molecular formula is C14H12F2N2O. The summed E-state index contributed by atoms with van der Waals surface area (Å²) in [5, 5.41) is 0. The molecule has 1 aromatic heterocycles. The summed E-state index contributed by atoms with van der Waals surface area (Å²) in [4.78, 5) is 18.4. The van der Waals surface area contributed by atoms with Crippen molar-refractivity contribution in [3.63, 3.8) is 0 Å². The minimum atomic E-state index is -0.706. The van der Waals surface area contributed by atoms with E-state index in [1.165, 1.54) is 12.1 Å². The van der Waals surface area contributed by atoms with Gasteiger partial charge in [-0.3, -0.25) is 4.79 Å². The summed E-state index contributed by atoms with van der Waals surface area (Å²) in [6.45, 7) is 1.55. The lowest BCUT2D eigenvalue weighted by atomic mass is 10.1. The Morgan fingerprint density at radius 1 is 1.32 bits per heavy atom. The molecule has 19 heavy (non-hydrogen) atoms. The predicted molar refractivity (Wildman–Crippen MR) is 66.9 cm³/mol. The van der Waals surface area contributed by atoms with Crippen LogP contribution in [0.3, 0.4) is 0 Å². The maximum Gasteiger partial charge on any atom is 0.251 e. The van der Waals surface area contributed by atoms with Crippen LogP contribution in [0.25, 0.3) is 11.3 Å². The molecule has 0 bridgehead atoms. The van der Waals surface area contributed by atoms with E-state index in [1.807, 2.05) is 0 Å². The summed E-state index contributed by atoms with van der Waals surface area (Å²) in [6.07, 6.45) is 1.90. The number of hydrogen-bond donors (Lipinski definition) is 1. The highest BCUT2D eigenvalue weighted by Crippen LogP contribution is 2.38. The van der Waals surface area contributed by atoms with Crippen LogP contribution in [0, 0.1) is 18.6 Å². The van der Waals surface area contributed by atoms with Crippen molar-refractivity contribution in [2.75, 3.05) is 0 Å². The SMILES string of the molecule is Cc1ccc(F)c(-c2cc(=O)[nH]c(C3CC3)n2)c1F. The second-order valence-electron chi connectivity index (χ2n) is 4.84. The third-order valence-electron chi connectivity index (χ3n) is 3.26. The summed E-state index contributed by atoms with van der Waals surface area (Å²) in [5.74, 6) is -0.644. The molecule has 0 spiro atoms. The molecule has 1 heterocycles. The molecule has 0 saturated heterocycles. The van der Waals surface area contributed by atoms with Crippen LogP contribution in [0.2, 0.25) is 0 Å². The molecule has 3 rings (SSSR count). The maximum absolute atomic E-state index is 14.0. The summed E-state index contributed by atoms with van der Waals surface area (Å²) < 4.78 is 27.8. The zero-order valence-electron chi connectivity index (χ0n) is 10.3. The topological polar surface area (TPSA) is 45.8 Å². The molecular weight excluding hydrogens is 250 g/mol. The number of benzene rings is 1. The standard InChI is InChI=1S/C14H12F2N2O/c1-7-2-5-9(15)12(13(7)16)10-6-11(19)18-14(17-10)8-3-4-8/h2,5-6,8H,3-4H2,1H3,(H,17,18,19). The quantitative estimate of drug-likeness (QED) is 0.904. The number of aryl methyl sites for hydroxylation is 1. The number of halogens is 2. The Morgan fingerprint density at radius 2 is 2.05 bits per heavy atom. The van der Waals surface area contributed by atoms with Crippen molar-refractivity contribution in [3.8, 4) is 11.3 Å². The van der Waals surface area contributed by atoms with Crippen LogP contribution in [0.4, 0.5) is 8.78 Å². The molecule has 98 valence electrons. The molecule has 0 unspecified atom stereocenters. The molecule has 1 aliphatic rings. The van der Waals surface area contributed by atoms with Crippen LogP contribution in [0.5, 0.6) is 0 Å². The van der Waals surface area contributed by atoms with Gasteiger partial charge in [-0.15, -0.1) is 0 Å². The second-order valence-corrected chi connectivity index (χ2v) is 4.84. The van der Waals surface area contributed by atoms with Crippen LogP contribution in [0.15, 0.2) is 23.0 Å².